The Bertz CT molecular complexity index is 699. The molecule has 0 amide bonds. The first-order valence-electron chi connectivity index (χ1n) is 12.9. The quantitative estimate of drug-likeness (QED) is 0.375. The van der Waals surface area contributed by atoms with E-state index in [0.717, 1.165) is 30.8 Å². The summed E-state index contributed by atoms with van der Waals surface area (Å²) in [7, 11) is 0. The van der Waals surface area contributed by atoms with Crippen LogP contribution in [-0.2, 0) is 0 Å². The maximum atomic E-state index is 11.6. The van der Waals surface area contributed by atoms with Crippen molar-refractivity contribution >= 4 is 0 Å². The minimum absolute atomic E-state index is 0.131. The molecule has 4 aliphatic carbocycles. The van der Waals surface area contributed by atoms with Crippen molar-refractivity contribution in [2.75, 3.05) is 0 Å². The van der Waals surface area contributed by atoms with Crippen molar-refractivity contribution in [1.29, 1.82) is 0 Å². The molecule has 2 unspecified atom stereocenters. The number of fused-ring (bicyclic) bond motifs is 5. The Morgan fingerprint density at radius 3 is 2.39 bits per heavy atom. The first-order chi connectivity index (χ1) is 14.4. The minimum atomic E-state index is -1.66. The Morgan fingerprint density at radius 1 is 1.00 bits per heavy atom. The third-order valence-corrected chi connectivity index (χ3v) is 10.5. The van der Waals surface area contributed by atoms with Crippen LogP contribution in [-0.4, -0.2) is 38.4 Å². The molecule has 4 heteroatoms. The fourth-order valence-corrected chi connectivity index (χ4v) is 8.60. The van der Waals surface area contributed by atoms with Gasteiger partial charge in [0, 0.05) is 12.8 Å². The summed E-state index contributed by atoms with van der Waals surface area (Å²) >= 11 is 0. The molecule has 4 aliphatic rings. The molecule has 4 N–H and O–H groups in total. The van der Waals surface area contributed by atoms with Crippen LogP contribution in [0.5, 0.6) is 0 Å². The van der Waals surface area contributed by atoms with Crippen molar-refractivity contribution in [2.45, 2.75) is 110 Å². The number of aliphatic hydroxyl groups is 4. The molecule has 4 nitrogen and oxygen atoms in total. The highest BCUT2D eigenvalue weighted by molar-refractivity contribution is 5.29. The van der Waals surface area contributed by atoms with E-state index in [4.69, 9.17) is 0 Å². The fraction of sp³-hybridized carbons (Fsp3) is 0.926. The van der Waals surface area contributed by atoms with Gasteiger partial charge < -0.3 is 20.4 Å². The first kappa shape index (κ1) is 23.7. The van der Waals surface area contributed by atoms with E-state index < -0.39 is 11.9 Å². The highest BCUT2D eigenvalue weighted by Crippen LogP contribution is 2.67. The second kappa shape index (κ2) is 8.11. The summed E-state index contributed by atoms with van der Waals surface area (Å²) in [5.74, 6) is 0.899. The maximum absolute atomic E-state index is 11.6. The lowest BCUT2D eigenvalue weighted by Crippen LogP contribution is -2.60. The van der Waals surface area contributed by atoms with E-state index in [9.17, 15) is 20.4 Å². The number of rotatable bonds is 5. The average Bonchev–Trinajstić information content (AvgIpc) is 3.02. The lowest BCUT2D eigenvalue weighted by atomic mass is 9.45. The van der Waals surface area contributed by atoms with Crippen LogP contribution in [0, 0.1) is 46.3 Å². The van der Waals surface area contributed by atoms with Crippen molar-refractivity contribution in [3.05, 3.63) is 11.6 Å². The molecule has 0 aliphatic heterocycles. The molecule has 31 heavy (non-hydrogen) atoms. The zero-order chi connectivity index (χ0) is 22.8. The highest BCUT2D eigenvalue weighted by Gasteiger charge is 2.64. The van der Waals surface area contributed by atoms with Gasteiger partial charge in [-0.1, -0.05) is 65.5 Å². The third kappa shape index (κ3) is 3.84. The molecule has 178 valence electrons. The summed E-state index contributed by atoms with van der Waals surface area (Å²) in [6.07, 6.45) is 9.09. The largest absolute Gasteiger partial charge is 0.393 e. The van der Waals surface area contributed by atoms with Crippen LogP contribution in [0.15, 0.2) is 11.6 Å². The van der Waals surface area contributed by atoms with E-state index in [-0.39, 0.29) is 35.2 Å². The zero-order valence-electron chi connectivity index (χ0n) is 20.3. The van der Waals surface area contributed by atoms with Crippen LogP contribution in [0.1, 0.15) is 92.4 Å². The standard InChI is InChI=1S/C27H46O4/c1-16(2)7-6-8-17(3)19-9-10-20-24-21(14-23(29)26(19,20)5)25(4)11-12-27(30,31)15-18(25)13-22(24)28/h13,16-17,19-24,28-31H,6-12,14-15H2,1-5H3/t17-,19-,20+,21+,22?,23?,24+,25+,26-/m1/s1. The summed E-state index contributed by atoms with van der Waals surface area (Å²) in [6, 6.07) is 0. The molecule has 0 aromatic carbocycles. The van der Waals surface area contributed by atoms with Gasteiger partial charge in [0.1, 0.15) is 0 Å². The summed E-state index contributed by atoms with van der Waals surface area (Å²) < 4.78 is 0. The van der Waals surface area contributed by atoms with E-state index >= 15 is 0 Å². The van der Waals surface area contributed by atoms with E-state index in [0.29, 0.717) is 30.6 Å². The lowest BCUT2D eigenvalue weighted by molar-refractivity contribution is -0.201. The lowest BCUT2D eigenvalue weighted by Gasteiger charge is -2.61. The van der Waals surface area contributed by atoms with Crippen molar-refractivity contribution < 1.29 is 20.4 Å². The number of hydrogen-bond acceptors (Lipinski definition) is 4. The molecule has 0 saturated heterocycles. The summed E-state index contributed by atoms with van der Waals surface area (Å²) in [5.41, 5.74) is 0.709. The molecule has 3 fully saturated rings. The van der Waals surface area contributed by atoms with Gasteiger partial charge in [-0.15, -0.1) is 0 Å². The smallest absolute Gasteiger partial charge is 0.166 e. The monoisotopic (exact) mass is 434 g/mol. The Kier molecular flexibility index (Phi) is 6.21. The topological polar surface area (TPSA) is 80.9 Å². The van der Waals surface area contributed by atoms with E-state index in [1.54, 1.807) is 0 Å². The molecule has 0 radical (unpaired) electrons. The van der Waals surface area contributed by atoms with Gasteiger partial charge in [-0.3, -0.25) is 0 Å². The van der Waals surface area contributed by atoms with Crippen LogP contribution >= 0.6 is 0 Å². The Labute approximate surface area is 189 Å². The van der Waals surface area contributed by atoms with E-state index in [2.05, 4.69) is 34.6 Å². The van der Waals surface area contributed by atoms with Crippen LogP contribution < -0.4 is 0 Å². The van der Waals surface area contributed by atoms with Crippen molar-refractivity contribution in [2.24, 2.45) is 46.3 Å². The van der Waals surface area contributed by atoms with Gasteiger partial charge in [-0.2, -0.15) is 0 Å². The van der Waals surface area contributed by atoms with Crippen molar-refractivity contribution in [1.82, 2.24) is 0 Å². The molecule has 0 aromatic heterocycles. The zero-order valence-corrected chi connectivity index (χ0v) is 20.3. The van der Waals surface area contributed by atoms with E-state index in [1.165, 1.54) is 19.3 Å². The van der Waals surface area contributed by atoms with Gasteiger partial charge in [0.05, 0.1) is 12.2 Å². The number of hydrogen-bond donors (Lipinski definition) is 4. The molecular weight excluding hydrogens is 388 g/mol. The molecule has 3 saturated carbocycles. The molecular formula is C27H46O4. The van der Waals surface area contributed by atoms with Crippen LogP contribution in [0.25, 0.3) is 0 Å². The normalized spacial score (nSPS) is 47.4. The highest BCUT2D eigenvalue weighted by atomic mass is 16.5. The molecule has 0 aromatic rings. The molecule has 4 rings (SSSR count). The SMILES string of the molecule is CC(C)CCC[C@@H](C)[C@H]1CC[C@H]2[C@@H]3C(O)C=C4CC(O)(O)CC[C@]4(C)[C@H]3CC(O)[C@]12C. The van der Waals surface area contributed by atoms with Gasteiger partial charge in [0.15, 0.2) is 5.79 Å². The average molecular weight is 435 g/mol. The van der Waals surface area contributed by atoms with Gasteiger partial charge in [-0.25, -0.2) is 0 Å². The van der Waals surface area contributed by atoms with Crippen LogP contribution in [0.4, 0.5) is 0 Å². The maximum Gasteiger partial charge on any atom is 0.166 e. The van der Waals surface area contributed by atoms with Crippen LogP contribution in [0.3, 0.4) is 0 Å². The third-order valence-electron chi connectivity index (χ3n) is 10.5. The summed E-state index contributed by atoms with van der Waals surface area (Å²) in [5, 5.41) is 43.4. The van der Waals surface area contributed by atoms with Crippen molar-refractivity contribution in [3.8, 4) is 0 Å². The Hall–Kier alpha value is -0.420. The molecule has 9 atom stereocenters. The predicted molar refractivity (Wildman–Crippen MR) is 123 cm³/mol. The number of aliphatic hydroxyl groups excluding tert-OH is 2. The van der Waals surface area contributed by atoms with E-state index in [1.807, 2.05) is 6.08 Å². The fourth-order valence-electron chi connectivity index (χ4n) is 8.60. The molecule has 0 heterocycles. The minimum Gasteiger partial charge on any atom is -0.393 e. The summed E-state index contributed by atoms with van der Waals surface area (Å²) in [4.78, 5) is 0. The van der Waals surface area contributed by atoms with Crippen LogP contribution in [0.2, 0.25) is 0 Å². The van der Waals surface area contributed by atoms with Gasteiger partial charge in [-0.05, 0) is 72.0 Å². The second-order valence-corrected chi connectivity index (χ2v) is 12.7. The van der Waals surface area contributed by atoms with Crippen molar-refractivity contribution in [3.63, 3.8) is 0 Å². The first-order valence-corrected chi connectivity index (χ1v) is 12.9. The molecule has 0 bridgehead atoms. The second-order valence-electron chi connectivity index (χ2n) is 12.7. The molecule has 0 spiro atoms. The van der Waals surface area contributed by atoms with Gasteiger partial charge in [0.2, 0.25) is 0 Å². The predicted octanol–water partition coefficient (Wildman–Crippen LogP) is 4.65. The van der Waals surface area contributed by atoms with Gasteiger partial charge in [0.25, 0.3) is 0 Å². The Balaban J connectivity index is 1.59. The summed E-state index contributed by atoms with van der Waals surface area (Å²) in [6.45, 7) is 11.5. The Morgan fingerprint density at radius 2 is 1.71 bits per heavy atom. The van der Waals surface area contributed by atoms with Gasteiger partial charge >= 0.3 is 0 Å².